The molecule has 0 amide bonds. The third-order valence-electron chi connectivity index (χ3n) is 5.42. The average Bonchev–Trinajstić information content (AvgIpc) is 3.40. The SMILES string of the molecule is CCNC(=NCc1cn2c(C)cccc2n1)NC1CCN(C2CC2)CC1. The first-order chi connectivity index (χ1) is 12.7. The summed E-state index contributed by atoms with van der Waals surface area (Å²) in [7, 11) is 0. The van der Waals surface area contributed by atoms with Crippen molar-refractivity contribution in [3.63, 3.8) is 0 Å². The smallest absolute Gasteiger partial charge is 0.191 e. The van der Waals surface area contributed by atoms with Crippen LogP contribution >= 0.6 is 0 Å². The fraction of sp³-hybridized carbons (Fsp3) is 0.600. The first kappa shape index (κ1) is 17.3. The third kappa shape index (κ3) is 4.01. The molecule has 26 heavy (non-hydrogen) atoms. The number of guanidine groups is 1. The van der Waals surface area contributed by atoms with Gasteiger partial charge in [-0.25, -0.2) is 9.98 Å². The van der Waals surface area contributed by atoms with Crippen molar-refractivity contribution >= 4 is 11.6 Å². The Balaban J connectivity index is 1.37. The Morgan fingerprint density at radius 1 is 1.23 bits per heavy atom. The van der Waals surface area contributed by atoms with Crippen LogP contribution in [0.3, 0.4) is 0 Å². The number of aliphatic imine (C=N–C) groups is 1. The van der Waals surface area contributed by atoms with Crippen LogP contribution in [-0.2, 0) is 6.54 Å². The van der Waals surface area contributed by atoms with Crippen molar-refractivity contribution in [2.75, 3.05) is 19.6 Å². The van der Waals surface area contributed by atoms with Crippen molar-refractivity contribution in [2.24, 2.45) is 4.99 Å². The van der Waals surface area contributed by atoms with Crippen molar-refractivity contribution in [1.82, 2.24) is 24.9 Å². The second kappa shape index (κ2) is 7.66. The zero-order valence-corrected chi connectivity index (χ0v) is 15.9. The van der Waals surface area contributed by atoms with E-state index in [4.69, 9.17) is 4.99 Å². The Kier molecular flexibility index (Phi) is 5.11. The van der Waals surface area contributed by atoms with Crippen LogP contribution in [0.5, 0.6) is 0 Å². The maximum atomic E-state index is 4.77. The molecule has 1 aliphatic heterocycles. The van der Waals surface area contributed by atoms with Crippen LogP contribution in [0.15, 0.2) is 29.4 Å². The number of nitrogens with one attached hydrogen (secondary N) is 2. The number of hydrogen-bond donors (Lipinski definition) is 2. The number of fused-ring (bicyclic) bond motifs is 1. The quantitative estimate of drug-likeness (QED) is 0.639. The molecule has 2 aliphatic rings. The van der Waals surface area contributed by atoms with Gasteiger partial charge in [0.1, 0.15) is 5.65 Å². The number of aromatic nitrogens is 2. The highest BCUT2D eigenvalue weighted by Crippen LogP contribution is 2.29. The van der Waals surface area contributed by atoms with Gasteiger partial charge >= 0.3 is 0 Å². The van der Waals surface area contributed by atoms with E-state index >= 15 is 0 Å². The highest BCUT2D eigenvalue weighted by Gasteiger charge is 2.31. The summed E-state index contributed by atoms with van der Waals surface area (Å²) in [5.74, 6) is 0.908. The van der Waals surface area contributed by atoms with Gasteiger partial charge in [-0.15, -0.1) is 0 Å². The van der Waals surface area contributed by atoms with Crippen LogP contribution in [0.25, 0.3) is 5.65 Å². The summed E-state index contributed by atoms with van der Waals surface area (Å²) in [6.45, 7) is 8.11. The molecule has 6 heteroatoms. The molecule has 0 radical (unpaired) electrons. The van der Waals surface area contributed by atoms with Crippen LogP contribution in [0, 0.1) is 6.92 Å². The van der Waals surface area contributed by atoms with Crippen molar-refractivity contribution in [3.8, 4) is 0 Å². The highest BCUT2D eigenvalue weighted by molar-refractivity contribution is 5.80. The summed E-state index contributed by atoms with van der Waals surface area (Å²) in [6, 6.07) is 7.59. The van der Waals surface area contributed by atoms with E-state index in [1.165, 1.54) is 44.5 Å². The van der Waals surface area contributed by atoms with Crippen molar-refractivity contribution < 1.29 is 0 Å². The zero-order chi connectivity index (χ0) is 17.9. The zero-order valence-electron chi connectivity index (χ0n) is 15.9. The number of nitrogens with zero attached hydrogens (tertiary/aromatic N) is 4. The van der Waals surface area contributed by atoms with E-state index in [2.05, 4.69) is 51.0 Å². The number of aryl methyl sites for hydroxylation is 1. The van der Waals surface area contributed by atoms with E-state index in [0.29, 0.717) is 12.6 Å². The normalized spacial score (nSPS) is 19.8. The standard InChI is InChI=1S/C20H30N6/c1-3-21-20(24-16-9-11-25(12-10-16)18-7-8-18)22-13-17-14-26-15(2)5-4-6-19(26)23-17/h4-6,14,16,18H,3,7-13H2,1-2H3,(H2,21,22,24). The average molecular weight is 355 g/mol. The van der Waals surface area contributed by atoms with Crippen molar-refractivity contribution in [1.29, 1.82) is 0 Å². The molecule has 0 spiro atoms. The summed E-state index contributed by atoms with van der Waals surface area (Å²) in [5.41, 5.74) is 3.18. The minimum Gasteiger partial charge on any atom is -0.357 e. The lowest BCUT2D eigenvalue weighted by Crippen LogP contribution is -2.49. The van der Waals surface area contributed by atoms with Gasteiger partial charge < -0.3 is 19.9 Å². The van der Waals surface area contributed by atoms with E-state index in [0.717, 1.165) is 29.9 Å². The predicted molar refractivity (Wildman–Crippen MR) is 105 cm³/mol. The molecule has 2 aromatic heterocycles. The number of likely N-dealkylation sites (tertiary alicyclic amines) is 1. The van der Waals surface area contributed by atoms with Crippen molar-refractivity contribution in [3.05, 3.63) is 35.8 Å². The summed E-state index contributed by atoms with van der Waals surface area (Å²) in [5, 5.41) is 7.01. The van der Waals surface area contributed by atoms with Crippen LogP contribution in [-0.4, -0.2) is 52.0 Å². The second-order valence-electron chi connectivity index (χ2n) is 7.51. The Labute approximate surface area is 155 Å². The predicted octanol–water partition coefficient (Wildman–Crippen LogP) is 2.32. The molecule has 1 aliphatic carbocycles. The Morgan fingerprint density at radius 3 is 2.73 bits per heavy atom. The molecule has 0 bridgehead atoms. The van der Waals surface area contributed by atoms with Crippen LogP contribution in [0.1, 0.15) is 44.0 Å². The molecule has 4 rings (SSSR count). The lowest BCUT2D eigenvalue weighted by molar-refractivity contribution is 0.197. The third-order valence-corrected chi connectivity index (χ3v) is 5.42. The summed E-state index contributed by atoms with van der Waals surface area (Å²) < 4.78 is 2.12. The molecule has 1 saturated carbocycles. The van der Waals surface area contributed by atoms with Gasteiger partial charge in [0.15, 0.2) is 5.96 Å². The molecular weight excluding hydrogens is 324 g/mol. The van der Waals surface area contributed by atoms with E-state index in [9.17, 15) is 0 Å². The lowest BCUT2D eigenvalue weighted by Gasteiger charge is -2.33. The number of hydrogen-bond acceptors (Lipinski definition) is 3. The number of imidazole rings is 1. The first-order valence-corrected chi connectivity index (χ1v) is 9.95. The maximum absolute atomic E-state index is 4.77. The molecule has 2 fully saturated rings. The van der Waals surface area contributed by atoms with E-state index in [-0.39, 0.29) is 0 Å². The van der Waals surface area contributed by atoms with Crippen LogP contribution in [0.4, 0.5) is 0 Å². The molecule has 0 atom stereocenters. The summed E-state index contributed by atoms with van der Waals surface area (Å²) in [6.07, 6.45) is 7.30. The Bertz CT molecular complexity index is 768. The van der Waals surface area contributed by atoms with Gasteiger partial charge in [-0.05, 0) is 51.7 Å². The number of rotatable bonds is 5. The minimum absolute atomic E-state index is 0.520. The molecule has 2 N–H and O–H groups in total. The molecular formula is C20H30N6. The van der Waals surface area contributed by atoms with Crippen molar-refractivity contribution in [2.45, 2.75) is 58.2 Å². The van der Waals surface area contributed by atoms with Crippen LogP contribution in [0.2, 0.25) is 0 Å². The van der Waals surface area contributed by atoms with Gasteiger partial charge in [0.05, 0.1) is 12.2 Å². The highest BCUT2D eigenvalue weighted by atomic mass is 15.2. The van der Waals surface area contributed by atoms with Gasteiger partial charge in [-0.2, -0.15) is 0 Å². The largest absolute Gasteiger partial charge is 0.357 e. The fourth-order valence-corrected chi connectivity index (χ4v) is 3.80. The topological polar surface area (TPSA) is 57.0 Å². The lowest BCUT2D eigenvalue weighted by atomic mass is 10.1. The first-order valence-electron chi connectivity index (χ1n) is 9.95. The van der Waals surface area contributed by atoms with Crippen LogP contribution < -0.4 is 10.6 Å². The van der Waals surface area contributed by atoms with Gasteiger partial charge in [-0.1, -0.05) is 6.07 Å². The second-order valence-corrected chi connectivity index (χ2v) is 7.51. The van der Waals surface area contributed by atoms with Gasteiger partial charge in [0.25, 0.3) is 0 Å². The monoisotopic (exact) mass is 354 g/mol. The van der Waals surface area contributed by atoms with E-state index in [1.54, 1.807) is 0 Å². The van der Waals surface area contributed by atoms with E-state index in [1.807, 2.05) is 12.1 Å². The summed E-state index contributed by atoms with van der Waals surface area (Å²) in [4.78, 5) is 12.1. The Morgan fingerprint density at radius 2 is 2.04 bits per heavy atom. The van der Waals surface area contributed by atoms with E-state index < -0.39 is 0 Å². The molecule has 0 aromatic carbocycles. The van der Waals surface area contributed by atoms with Gasteiger partial charge in [0.2, 0.25) is 0 Å². The molecule has 6 nitrogen and oxygen atoms in total. The number of piperidine rings is 1. The summed E-state index contributed by atoms with van der Waals surface area (Å²) >= 11 is 0. The Hall–Kier alpha value is -2.08. The molecule has 2 aromatic rings. The maximum Gasteiger partial charge on any atom is 0.191 e. The fourth-order valence-electron chi connectivity index (χ4n) is 3.80. The molecule has 0 unspecified atom stereocenters. The minimum atomic E-state index is 0.520. The number of pyridine rings is 1. The molecule has 140 valence electrons. The van der Waals surface area contributed by atoms with Gasteiger partial charge in [0, 0.05) is 43.6 Å². The van der Waals surface area contributed by atoms with Gasteiger partial charge in [-0.3, -0.25) is 0 Å². The molecule has 3 heterocycles. The molecule has 1 saturated heterocycles.